The van der Waals surface area contributed by atoms with Crippen LogP contribution in [0.2, 0.25) is 0 Å². The molecule has 2 aliphatic heterocycles. The lowest BCUT2D eigenvalue weighted by Gasteiger charge is -2.40. The zero-order valence-corrected chi connectivity index (χ0v) is 9.94. The lowest BCUT2D eigenvalue weighted by Crippen LogP contribution is -2.43. The van der Waals surface area contributed by atoms with E-state index in [0.29, 0.717) is 0 Å². The molecule has 1 spiro atoms. The van der Waals surface area contributed by atoms with Gasteiger partial charge in [0.2, 0.25) is 0 Å². The quantitative estimate of drug-likeness (QED) is 0.756. The monoisotopic (exact) mass is 237 g/mol. The second kappa shape index (κ2) is 3.95. The van der Waals surface area contributed by atoms with Crippen LogP contribution in [0, 0.1) is 0 Å². The molecule has 1 aromatic heterocycles. The lowest BCUT2D eigenvalue weighted by molar-refractivity contribution is -0.0771. The van der Waals surface area contributed by atoms with E-state index in [9.17, 15) is 4.79 Å². The maximum Gasteiger partial charge on any atom is 0.160 e. The molecule has 0 unspecified atom stereocenters. The minimum absolute atomic E-state index is 0.0925. The highest BCUT2D eigenvalue weighted by atomic mass is 32.1. The van der Waals surface area contributed by atoms with Crippen molar-refractivity contribution in [2.24, 2.45) is 0 Å². The Hall–Kier alpha value is -0.710. The highest BCUT2D eigenvalue weighted by Gasteiger charge is 2.40. The Morgan fingerprint density at radius 1 is 1.44 bits per heavy atom. The Bertz CT molecular complexity index is 407. The second-order valence-electron chi connectivity index (χ2n) is 4.46. The third kappa shape index (κ3) is 1.52. The molecule has 0 aromatic carbocycles. The van der Waals surface area contributed by atoms with Gasteiger partial charge in [-0.2, -0.15) is 0 Å². The van der Waals surface area contributed by atoms with E-state index in [1.807, 2.05) is 6.07 Å². The predicted molar refractivity (Wildman–Crippen MR) is 63.1 cm³/mol. The number of nitrogens with one attached hydrogen (secondary N) is 1. The molecular weight excluding hydrogens is 222 g/mol. The van der Waals surface area contributed by atoms with Crippen molar-refractivity contribution in [1.82, 2.24) is 5.32 Å². The second-order valence-corrected chi connectivity index (χ2v) is 5.55. The van der Waals surface area contributed by atoms with E-state index in [1.54, 1.807) is 11.3 Å². The van der Waals surface area contributed by atoms with Gasteiger partial charge >= 0.3 is 0 Å². The fraction of sp³-hybridized carbons (Fsp3) is 0.583. The molecule has 1 N–H and O–H groups in total. The van der Waals surface area contributed by atoms with Crippen molar-refractivity contribution in [1.29, 1.82) is 0 Å². The number of fused-ring (bicyclic) bond motifs is 2. The molecule has 0 aliphatic carbocycles. The summed E-state index contributed by atoms with van der Waals surface area (Å²) in [5.74, 6) is 0. The van der Waals surface area contributed by atoms with Crippen LogP contribution in [-0.2, 0) is 16.8 Å². The Labute approximate surface area is 98.8 Å². The summed E-state index contributed by atoms with van der Waals surface area (Å²) in [5, 5.41) is 3.36. The van der Waals surface area contributed by atoms with Gasteiger partial charge < -0.3 is 10.1 Å². The van der Waals surface area contributed by atoms with Gasteiger partial charge in [0.05, 0.1) is 11.5 Å². The van der Waals surface area contributed by atoms with E-state index in [0.717, 1.165) is 50.1 Å². The summed E-state index contributed by atoms with van der Waals surface area (Å²) >= 11 is 1.62. The largest absolute Gasteiger partial charge is 0.369 e. The summed E-state index contributed by atoms with van der Waals surface area (Å²) in [6, 6.07) is 2.04. The highest BCUT2D eigenvalue weighted by molar-refractivity contribution is 7.14. The van der Waals surface area contributed by atoms with Gasteiger partial charge in [-0.15, -0.1) is 11.3 Å². The summed E-state index contributed by atoms with van der Waals surface area (Å²) < 4.78 is 6.05. The summed E-state index contributed by atoms with van der Waals surface area (Å²) in [7, 11) is 0. The number of piperidine rings is 1. The van der Waals surface area contributed by atoms with Crippen molar-refractivity contribution in [2.45, 2.75) is 24.9 Å². The van der Waals surface area contributed by atoms with Gasteiger partial charge in [0, 0.05) is 4.88 Å². The minimum atomic E-state index is -0.0925. The Balaban J connectivity index is 2.03. The summed E-state index contributed by atoms with van der Waals surface area (Å²) in [4.78, 5) is 13.0. The number of rotatable bonds is 1. The predicted octanol–water partition coefficient (Wildman–Crippen LogP) is 1.71. The van der Waals surface area contributed by atoms with Crippen molar-refractivity contribution in [3.05, 3.63) is 21.4 Å². The maximum atomic E-state index is 10.9. The molecule has 1 aromatic rings. The number of carbonyl (C=O) groups is 1. The van der Waals surface area contributed by atoms with E-state index >= 15 is 0 Å². The molecule has 4 heteroatoms. The number of thiophene rings is 1. The molecule has 3 heterocycles. The molecule has 0 saturated carbocycles. The van der Waals surface area contributed by atoms with Gasteiger partial charge in [-0.05, 0) is 44.0 Å². The maximum absolute atomic E-state index is 10.9. The first kappa shape index (κ1) is 10.4. The smallest absolute Gasteiger partial charge is 0.160 e. The normalized spacial score (nSPS) is 23.0. The number of carbonyl (C=O) groups excluding carboxylic acids is 1. The molecule has 86 valence electrons. The first-order valence-corrected chi connectivity index (χ1v) is 6.59. The van der Waals surface area contributed by atoms with Gasteiger partial charge in [0.1, 0.15) is 5.60 Å². The first-order chi connectivity index (χ1) is 7.84. The van der Waals surface area contributed by atoms with Crippen LogP contribution in [0.15, 0.2) is 6.07 Å². The molecule has 3 nitrogen and oxygen atoms in total. The molecule has 1 saturated heterocycles. The standard InChI is InChI=1S/C12H15NO2S/c14-8-10-7-9-1-6-15-12(11(9)16-10)2-4-13-5-3-12/h7-8,13H,1-6H2. The summed E-state index contributed by atoms with van der Waals surface area (Å²) in [6.45, 7) is 2.81. The zero-order chi connectivity index (χ0) is 11.0. The average molecular weight is 237 g/mol. The molecule has 2 aliphatic rings. The van der Waals surface area contributed by atoms with Crippen molar-refractivity contribution in [3.8, 4) is 0 Å². The fourth-order valence-electron chi connectivity index (χ4n) is 2.70. The zero-order valence-electron chi connectivity index (χ0n) is 9.12. The van der Waals surface area contributed by atoms with Gasteiger partial charge in [-0.3, -0.25) is 4.79 Å². The Kier molecular flexibility index (Phi) is 2.58. The van der Waals surface area contributed by atoms with E-state index in [1.165, 1.54) is 10.4 Å². The first-order valence-electron chi connectivity index (χ1n) is 5.77. The van der Waals surface area contributed by atoms with Crippen molar-refractivity contribution in [2.75, 3.05) is 19.7 Å². The molecule has 3 rings (SSSR count). The van der Waals surface area contributed by atoms with Gasteiger partial charge in [0.25, 0.3) is 0 Å². The third-order valence-corrected chi connectivity index (χ3v) is 4.81. The average Bonchev–Trinajstić information content (AvgIpc) is 2.75. The van der Waals surface area contributed by atoms with Crippen LogP contribution >= 0.6 is 11.3 Å². The van der Waals surface area contributed by atoms with Gasteiger partial charge in [0.15, 0.2) is 6.29 Å². The fourth-order valence-corrected chi connectivity index (χ4v) is 3.93. The molecule has 16 heavy (non-hydrogen) atoms. The van der Waals surface area contributed by atoms with Crippen LogP contribution in [0.4, 0.5) is 0 Å². The van der Waals surface area contributed by atoms with Crippen molar-refractivity contribution >= 4 is 17.6 Å². The van der Waals surface area contributed by atoms with Crippen LogP contribution in [0.25, 0.3) is 0 Å². The molecule has 0 amide bonds. The molecule has 0 bridgehead atoms. The molecular formula is C12H15NO2S. The number of ether oxygens (including phenoxy) is 1. The highest BCUT2D eigenvalue weighted by Crippen LogP contribution is 2.43. The topological polar surface area (TPSA) is 38.3 Å². The minimum Gasteiger partial charge on any atom is -0.369 e. The molecule has 0 radical (unpaired) electrons. The Morgan fingerprint density at radius 2 is 2.25 bits per heavy atom. The Morgan fingerprint density at radius 3 is 3.00 bits per heavy atom. The summed E-state index contributed by atoms with van der Waals surface area (Å²) in [6.07, 6.45) is 3.96. The SMILES string of the molecule is O=Cc1cc2c(s1)C1(CCNCC1)OCC2. The van der Waals surface area contributed by atoms with Crippen LogP contribution in [0.1, 0.15) is 33.0 Å². The number of hydrogen-bond acceptors (Lipinski definition) is 4. The summed E-state index contributed by atoms with van der Waals surface area (Å²) in [5.41, 5.74) is 1.24. The number of hydrogen-bond donors (Lipinski definition) is 1. The van der Waals surface area contributed by atoms with Crippen molar-refractivity contribution in [3.63, 3.8) is 0 Å². The van der Waals surface area contributed by atoms with Crippen LogP contribution in [0.5, 0.6) is 0 Å². The van der Waals surface area contributed by atoms with Crippen LogP contribution < -0.4 is 5.32 Å². The van der Waals surface area contributed by atoms with Gasteiger partial charge in [-0.1, -0.05) is 0 Å². The van der Waals surface area contributed by atoms with Crippen LogP contribution in [0.3, 0.4) is 0 Å². The lowest BCUT2D eigenvalue weighted by atomic mass is 9.86. The molecule has 1 fully saturated rings. The van der Waals surface area contributed by atoms with E-state index in [-0.39, 0.29) is 5.60 Å². The third-order valence-electron chi connectivity index (χ3n) is 3.52. The van der Waals surface area contributed by atoms with E-state index in [4.69, 9.17) is 4.74 Å². The molecule has 0 atom stereocenters. The number of aldehydes is 1. The van der Waals surface area contributed by atoms with Gasteiger partial charge in [-0.25, -0.2) is 0 Å². The van der Waals surface area contributed by atoms with Crippen molar-refractivity contribution < 1.29 is 9.53 Å². The van der Waals surface area contributed by atoms with E-state index < -0.39 is 0 Å². The van der Waals surface area contributed by atoms with E-state index in [2.05, 4.69) is 5.32 Å². The van der Waals surface area contributed by atoms with Crippen LogP contribution in [-0.4, -0.2) is 26.0 Å².